The summed E-state index contributed by atoms with van der Waals surface area (Å²) in [6.07, 6.45) is 3.34. The van der Waals surface area contributed by atoms with E-state index in [1.807, 2.05) is 25.2 Å². The highest BCUT2D eigenvalue weighted by molar-refractivity contribution is 6.33. The van der Waals surface area contributed by atoms with Crippen LogP contribution in [0.2, 0.25) is 5.02 Å². The number of nitrogens with zero attached hydrogens (tertiary/aromatic N) is 1. The third-order valence-electron chi connectivity index (χ3n) is 3.62. The molecular formula is C15H22ClNO2. The largest absolute Gasteiger partial charge is 0.389 e. The van der Waals surface area contributed by atoms with Crippen molar-refractivity contribution < 1.29 is 9.84 Å². The van der Waals surface area contributed by atoms with Gasteiger partial charge in [0.25, 0.3) is 0 Å². The predicted molar refractivity (Wildman–Crippen MR) is 78.9 cm³/mol. The molecule has 0 aromatic heterocycles. The van der Waals surface area contributed by atoms with Gasteiger partial charge in [0.15, 0.2) is 0 Å². The van der Waals surface area contributed by atoms with Gasteiger partial charge in [-0.25, -0.2) is 0 Å². The molecule has 1 aliphatic heterocycles. The molecule has 2 rings (SSSR count). The molecule has 0 amide bonds. The van der Waals surface area contributed by atoms with Crippen molar-refractivity contribution in [3.8, 4) is 0 Å². The van der Waals surface area contributed by atoms with Gasteiger partial charge in [-0.15, -0.1) is 0 Å². The van der Waals surface area contributed by atoms with Crippen molar-refractivity contribution in [3.63, 3.8) is 0 Å². The van der Waals surface area contributed by atoms with Gasteiger partial charge in [-0.2, -0.15) is 0 Å². The van der Waals surface area contributed by atoms with E-state index < -0.39 is 6.10 Å². The highest BCUT2D eigenvalue weighted by Gasteiger charge is 2.17. The van der Waals surface area contributed by atoms with Gasteiger partial charge in [-0.1, -0.05) is 17.7 Å². The first-order chi connectivity index (χ1) is 9.08. The third-order valence-corrected chi connectivity index (χ3v) is 3.92. The van der Waals surface area contributed by atoms with Gasteiger partial charge in [-0.3, -0.25) is 0 Å². The van der Waals surface area contributed by atoms with Crippen molar-refractivity contribution in [2.24, 2.45) is 0 Å². The molecule has 19 heavy (non-hydrogen) atoms. The third kappa shape index (κ3) is 3.85. The summed E-state index contributed by atoms with van der Waals surface area (Å²) in [5.41, 5.74) is 1.83. The van der Waals surface area contributed by atoms with Crippen LogP contribution >= 0.6 is 11.6 Å². The Kier molecular flexibility index (Phi) is 5.08. The number of aliphatic hydroxyl groups excluding tert-OH is 1. The lowest BCUT2D eigenvalue weighted by Gasteiger charge is -2.29. The van der Waals surface area contributed by atoms with Gasteiger partial charge in [0.2, 0.25) is 0 Å². The van der Waals surface area contributed by atoms with Gasteiger partial charge in [-0.05, 0) is 43.9 Å². The summed E-state index contributed by atoms with van der Waals surface area (Å²) in [5.74, 6) is 0. The van der Waals surface area contributed by atoms with Gasteiger partial charge in [0, 0.05) is 20.2 Å². The number of aliphatic hydroxyl groups is 1. The monoisotopic (exact) mass is 283 g/mol. The van der Waals surface area contributed by atoms with Crippen molar-refractivity contribution in [1.29, 1.82) is 0 Å². The van der Waals surface area contributed by atoms with E-state index >= 15 is 0 Å². The van der Waals surface area contributed by atoms with Crippen LogP contribution in [0.15, 0.2) is 18.2 Å². The van der Waals surface area contributed by atoms with Crippen molar-refractivity contribution in [3.05, 3.63) is 28.8 Å². The average Bonchev–Trinajstić information content (AvgIpc) is 2.39. The van der Waals surface area contributed by atoms with E-state index in [0.717, 1.165) is 30.8 Å². The maximum absolute atomic E-state index is 9.55. The number of hydrogen-bond donors (Lipinski definition) is 1. The van der Waals surface area contributed by atoms with E-state index in [1.165, 1.54) is 12.8 Å². The smallest absolute Gasteiger partial charge is 0.0762 e. The molecular weight excluding hydrogens is 262 g/mol. The van der Waals surface area contributed by atoms with Crippen LogP contribution in [0.4, 0.5) is 5.69 Å². The van der Waals surface area contributed by atoms with Crippen LogP contribution in [0.5, 0.6) is 0 Å². The van der Waals surface area contributed by atoms with E-state index in [0.29, 0.717) is 11.1 Å². The van der Waals surface area contributed by atoms with Crippen LogP contribution in [0.3, 0.4) is 0 Å². The maximum atomic E-state index is 9.55. The molecule has 1 fully saturated rings. The molecule has 1 saturated heterocycles. The number of rotatable bonds is 4. The van der Waals surface area contributed by atoms with Crippen molar-refractivity contribution in [1.82, 2.24) is 0 Å². The van der Waals surface area contributed by atoms with E-state index in [1.54, 1.807) is 6.92 Å². The summed E-state index contributed by atoms with van der Waals surface area (Å²) >= 11 is 6.29. The minimum absolute atomic E-state index is 0.297. The molecule has 1 aliphatic rings. The fourth-order valence-electron chi connectivity index (χ4n) is 2.45. The summed E-state index contributed by atoms with van der Waals surface area (Å²) in [6, 6.07) is 5.72. The molecule has 3 nitrogen and oxygen atoms in total. The predicted octanol–water partition coefficient (Wildman–Crippen LogP) is 3.40. The van der Waals surface area contributed by atoms with E-state index in [-0.39, 0.29) is 0 Å². The Balaban J connectivity index is 2.03. The quantitative estimate of drug-likeness (QED) is 0.919. The molecule has 106 valence electrons. The molecule has 4 heteroatoms. The fourth-order valence-corrected chi connectivity index (χ4v) is 2.78. The molecule has 1 aromatic carbocycles. The van der Waals surface area contributed by atoms with E-state index in [2.05, 4.69) is 4.90 Å². The zero-order valence-electron chi connectivity index (χ0n) is 11.6. The Hall–Kier alpha value is -0.770. The van der Waals surface area contributed by atoms with Crippen LogP contribution in [-0.2, 0) is 4.74 Å². The molecule has 0 spiro atoms. The molecule has 0 aliphatic carbocycles. The Morgan fingerprint density at radius 1 is 1.47 bits per heavy atom. The fraction of sp³-hybridized carbons (Fsp3) is 0.600. The standard InChI is InChI=1S/C15H22ClNO2/c1-11(18)12-6-7-15(14(16)9-12)17(2)10-13-5-3-4-8-19-13/h6-7,9,11,13,18H,3-5,8,10H2,1-2H3. The van der Waals surface area contributed by atoms with Gasteiger partial charge >= 0.3 is 0 Å². The van der Waals surface area contributed by atoms with Crippen LogP contribution < -0.4 is 4.90 Å². The zero-order valence-corrected chi connectivity index (χ0v) is 12.4. The van der Waals surface area contributed by atoms with Crippen molar-refractivity contribution in [2.45, 2.75) is 38.4 Å². The van der Waals surface area contributed by atoms with Gasteiger partial charge < -0.3 is 14.7 Å². The molecule has 0 bridgehead atoms. The molecule has 1 aromatic rings. The summed E-state index contributed by atoms with van der Waals surface area (Å²) in [4.78, 5) is 2.13. The second kappa shape index (κ2) is 6.60. The highest BCUT2D eigenvalue weighted by Crippen LogP contribution is 2.29. The van der Waals surface area contributed by atoms with Crippen LogP contribution in [0.25, 0.3) is 0 Å². The molecule has 0 radical (unpaired) electrons. The normalized spacial score (nSPS) is 21.2. The topological polar surface area (TPSA) is 32.7 Å². The molecule has 1 heterocycles. The van der Waals surface area contributed by atoms with E-state index in [4.69, 9.17) is 16.3 Å². The Morgan fingerprint density at radius 2 is 2.26 bits per heavy atom. The molecule has 0 saturated carbocycles. The number of benzene rings is 1. The Labute approximate surface area is 120 Å². The van der Waals surface area contributed by atoms with Gasteiger partial charge in [0.1, 0.15) is 0 Å². The number of hydrogen-bond acceptors (Lipinski definition) is 3. The van der Waals surface area contributed by atoms with Crippen LogP contribution in [0.1, 0.15) is 37.9 Å². The Morgan fingerprint density at radius 3 is 2.84 bits per heavy atom. The second-order valence-corrected chi connectivity index (χ2v) is 5.66. The summed E-state index contributed by atoms with van der Waals surface area (Å²) in [6.45, 7) is 3.46. The van der Waals surface area contributed by atoms with E-state index in [9.17, 15) is 5.11 Å². The molecule has 1 N–H and O–H groups in total. The second-order valence-electron chi connectivity index (χ2n) is 5.26. The van der Waals surface area contributed by atoms with Crippen LogP contribution in [0, 0.1) is 0 Å². The summed E-state index contributed by atoms with van der Waals surface area (Å²) in [5, 5.41) is 10.2. The van der Waals surface area contributed by atoms with Crippen LogP contribution in [-0.4, -0.2) is 31.4 Å². The summed E-state index contributed by atoms with van der Waals surface area (Å²) < 4.78 is 5.75. The first-order valence-electron chi connectivity index (χ1n) is 6.88. The number of ether oxygens (including phenoxy) is 1. The lowest BCUT2D eigenvalue weighted by molar-refractivity contribution is 0.0216. The van der Waals surface area contributed by atoms with Gasteiger partial charge in [0.05, 0.1) is 22.9 Å². The average molecular weight is 284 g/mol. The molecule has 2 atom stereocenters. The maximum Gasteiger partial charge on any atom is 0.0762 e. The first-order valence-corrected chi connectivity index (χ1v) is 7.26. The SMILES string of the molecule is CC(O)c1ccc(N(C)CC2CCCCO2)c(Cl)c1. The van der Waals surface area contributed by atoms with Crippen molar-refractivity contribution >= 4 is 17.3 Å². The minimum atomic E-state index is -0.487. The number of anilines is 1. The first kappa shape index (κ1) is 14.6. The number of likely N-dealkylation sites (N-methyl/N-ethyl adjacent to an activating group) is 1. The molecule has 2 unspecified atom stereocenters. The lowest BCUT2D eigenvalue weighted by atomic mass is 10.1. The zero-order chi connectivity index (χ0) is 13.8. The summed E-state index contributed by atoms with van der Waals surface area (Å²) in [7, 11) is 2.03. The van der Waals surface area contributed by atoms with Crippen molar-refractivity contribution in [2.75, 3.05) is 25.1 Å². The minimum Gasteiger partial charge on any atom is -0.389 e. The highest BCUT2D eigenvalue weighted by atomic mass is 35.5. The lowest BCUT2D eigenvalue weighted by Crippen LogP contribution is -2.33. The number of halogens is 1. The Bertz CT molecular complexity index is 417.